The number of ether oxygens (including phenoxy) is 1. The third-order valence-electron chi connectivity index (χ3n) is 8.81. The number of H-pyrrole nitrogens is 2. The first kappa shape index (κ1) is 44.5. The van der Waals surface area contributed by atoms with Gasteiger partial charge in [-0.3, -0.25) is 40.4 Å². The molecule has 0 saturated carbocycles. The fourth-order valence-electron chi connectivity index (χ4n) is 5.76. The van der Waals surface area contributed by atoms with Crippen molar-refractivity contribution in [2.24, 2.45) is 0 Å². The van der Waals surface area contributed by atoms with Gasteiger partial charge < -0.3 is 9.84 Å². The normalized spacial score (nSPS) is 12.8. The van der Waals surface area contributed by atoms with Gasteiger partial charge >= 0.3 is 11.9 Å². The number of carbonyl (C=O) groups excluding carboxylic acids is 3. The van der Waals surface area contributed by atoms with Crippen LogP contribution in [0.25, 0.3) is 22.3 Å². The number of benzene rings is 4. The summed E-state index contributed by atoms with van der Waals surface area (Å²) in [5, 5.41) is 47.5. The minimum absolute atomic E-state index is 0.0149. The molecular formula is C40H42Cl2N12O6. The van der Waals surface area contributed by atoms with Crippen molar-refractivity contribution < 1.29 is 29.0 Å². The third kappa shape index (κ3) is 13.5. The number of aromatic amines is 2. The minimum atomic E-state index is -1.06. The molecule has 0 aliphatic heterocycles. The molecule has 4 aromatic carbocycles. The number of hydrogen-bond acceptors (Lipinski definition) is 13. The fourth-order valence-corrected chi connectivity index (χ4v) is 6.14. The molecule has 0 unspecified atom stereocenters. The number of halogens is 2. The maximum Gasteiger partial charge on any atom is 0.322 e. The van der Waals surface area contributed by atoms with Crippen LogP contribution in [-0.2, 0) is 36.8 Å². The standard InChI is InChI=1S/C21H23ClN6O3.C19H19ClN6O3/c1-3-31-20(30)13(2)23-18(19(29)24-21-25-27-28-26-21)11-14-7-9-15(10-8-14)16-5-4-6-17(22)12-16;1-11(18(28)29)21-16(17(27)22-19-23-25-26-24-19)9-12-5-7-13(8-6-12)14-3-2-4-15(20)10-14/h4-10,12-13,18,23H,3,11H2,1-2H3,(H2,24,25,26,27,28,29);2-8,10-11,16,21H,9H2,1H3,(H,28,29)(H2,22,23,24,25,26,27)/t13-,18-;11-,16-/m00/s1. The number of anilines is 2. The molecule has 2 heterocycles. The maximum absolute atomic E-state index is 12.8. The predicted molar refractivity (Wildman–Crippen MR) is 224 cm³/mol. The first-order valence-electron chi connectivity index (χ1n) is 18.6. The second-order valence-corrected chi connectivity index (χ2v) is 14.1. The number of nitrogens with one attached hydrogen (secondary N) is 6. The maximum atomic E-state index is 12.8. The van der Waals surface area contributed by atoms with Gasteiger partial charge in [0.15, 0.2) is 0 Å². The van der Waals surface area contributed by atoms with E-state index in [0.717, 1.165) is 33.4 Å². The summed E-state index contributed by atoms with van der Waals surface area (Å²) in [4.78, 5) is 48.6. The number of carboxylic acids is 1. The number of hydrogen-bond donors (Lipinski definition) is 7. The van der Waals surface area contributed by atoms with E-state index in [1.807, 2.05) is 97.1 Å². The summed E-state index contributed by atoms with van der Waals surface area (Å²) in [7, 11) is 0. The van der Waals surface area contributed by atoms with Crippen LogP contribution in [0.15, 0.2) is 97.1 Å². The number of amides is 2. The zero-order chi connectivity index (χ0) is 43.0. The molecule has 4 atom stereocenters. The quantitative estimate of drug-likeness (QED) is 0.0612. The fraction of sp³-hybridized carbons (Fsp3) is 0.250. The summed E-state index contributed by atoms with van der Waals surface area (Å²) < 4.78 is 5.03. The van der Waals surface area contributed by atoms with Crippen LogP contribution in [0, 0.1) is 0 Å². The molecule has 0 spiro atoms. The monoisotopic (exact) mass is 856 g/mol. The van der Waals surface area contributed by atoms with Gasteiger partial charge in [0.25, 0.3) is 11.9 Å². The van der Waals surface area contributed by atoms with Gasteiger partial charge in [0.1, 0.15) is 12.1 Å². The van der Waals surface area contributed by atoms with E-state index in [1.54, 1.807) is 13.8 Å². The highest BCUT2D eigenvalue weighted by Crippen LogP contribution is 2.25. The van der Waals surface area contributed by atoms with E-state index < -0.39 is 47.9 Å². The Labute approximate surface area is 354 Å². The number of nitrogens with zero attached hydrogens (tertiary/aromatic N) is 6. The topological polar surface area (TPSA) is 255 Å². The lowest BCUT2D eigenvalue weighted by atomic mass is 10.00. The third-order valence-corrected chi connectivity index (χ3v) is 9.28. The van der Waals surface area contributed by atoms with E-state index in [4.69, 9.17) is 27.9 Å². The van der Waals surface area contributed by atoms with Crippen LogP contribution in [0.2, 0.25) is 10.0 Å². The first-order valence-corrected chi connectivity index (χ1v) is 19.3. The summed E-state index contributed by atoms with van der Waals surface area (Å²) in [6.45, 7) is 5.11. The van der Waals surface area contributed by atoms with E-state index >= 15 is 0 Å². The van der Waals surface area contributed by atoms with Crippen molar-refractivity contribution in [2.45, 2.75) is 57.8 Å². The lowest BCUT2D eigenvalue weighted by Gasteiger charge is -2.21. The van der Waals surface area contributed by atoms with Crippen molar-refractivity contribution in [3.8, 4) is 22.3 Å². The molecule has 0 aliphatic carbocycles. The van der Waals surface area contributed by atoms with Crippen LogP contribution in [0.1, 0.15) is 31.9 Å². The lowest BCUT2D eigenvalue weighted by Crippen LogP contribution is -2.49. The highest BCUT2D eigenvalue weighted by Gasteiger charge is 2.27. The second kappa shape index (κ2) is 22.0. The van der Waals surface area contributed by atoms with Gasteiger partial charge in [0, 0.05) is 10.0 Å². The van der Waals surface area contributed by atoms with Crippen LogP contribution < -0.4 is 21.3 Å². The second-order valence-electron chi connectivity index (χ2n) is 13.2. The van der Waals surface area contributed by atoms with Crippen molar-refractivity contribution >= 4 is 58.9 Å². The van der Waals surface area contributed by atoms with E-state index in [2.05, 4.69) is 62.5 Å². The SMILES string of the molecule is CCOC(=O)[C@H](C)N[C@@H](Cc1ccc(-c2cccc(Cl)c2)cc1)C(=O)Nc1nn[nH]n1.C[C@H](N[C@@H](Cc1ccc(-c2cccc(Cl)c2)cc1)C(=O)Nc1nn[nH]n1)C(=O)O. The van der Waals surface area contributed by atoms with Crippen molar-refractivity contribution in [3.63, 3.8) is 0 Å². The smallest absolute Gasteiger partial charge is 0.322 e. The van der Waals surface area contributed by atoms with Gasteiger partial charge in [0.2, 0.25) is 11.8 Å². The molecule has 312 valence electrons. The highest BCUT2D eigenvalue weighted by atomic mass is 35.5. The average Bonchev–Trinajstić information content (AvgIpc) is 3.96. The van der Waals surface area contributed by atoms with Gasteiger partial charge in [-0.05, 0) is 102 Å². The average molecular weight is 858 g/mol. The number of carbonyl (C=O) groups is 4. The number of carboxylic acid groups (broad SMARTS) is 1. The van der Waals surface area contributed by atoms with Crippen molar-refractivity contribution in [1.82, 2.24) is 51.9 Å². The molecule has 2 aromatic heterocycles. The van der Waals surface area contributed by atoms with Gasteiger partial charge in [-0.15, -0.1) is 10.2 Å². The summed E-state index contributed by atoms with van der Waals surface area (Å²) in [5.41, 5.74) is 5.73. The number of tetrazole rings is 2. The molecule has 20 heteroatoms. The van der Waals surface area contributed by atoms with Gasteiger partial charge in [-0.25, -0.2) is 0 Å². The van der Waals surface area contributed by atoms with Crippen molar-refractivity contribution in [3.05, 3.63) is 118 Å². The Bertz CT molecular complexity index is 2310. The van der Waals surface area contributed by atoms with Crippen LogP contribution in [-0.4, -0.2) is 101 Å². The minimum Gasteiger partial charge on any atom is -0.480 e. The number of aromatic nitrogens is 8. The zero-order valence-corrected chi connectivity index (χ0v) is 34.1. The van der Waals surface area contributed by atoms with E-state index in [-0.39, 0.29) is 24.9 Å². The Morgan fingerprint density at radius 1 is 0.650 bits per heavy atom. The molecule has 6 aromatic rings. The van der Waals surface area contributed by atoms with Gasteiger partial charge in [-0.1, -0.05) is 106 Å². The molecule has 2 amide bonds. The van der Waals surface area contributed by atoms with E-state index in [1.165, 1.54) is 6.92 Å². The van der Waals surface area contributed by atoms with Crippen LogP contribution in [0.3, 0.4) is 0 Å². The largest absolute Gasteiger partial charge is 0.480 e. The molecule has 7 N–H and O–H groups in total. The van der Waals surface area contributed by atoms with Crippen LogP contribution >= 0.6 is 23.2 Å². The predicted octanol–water partition coefficient (Wildman–Crippen LogP) is 4.74. The molecule has 0 saturated heterocycles. The Morgan fingerprint density at radius 2 is 1.08 bits per heavy atom. The number of rotatable bonds is 17. The summed E-state index contributed by atoms with van der Waals surface area (Å²) >= 11 is 12.1. The van der Waals surface area contributed by atoms with Crippen molar-refractivity contribution in [1.29, 1.82) is 0 Å². The molecule has 0 aliphatic rings. The zero-order valence-electron chi connectivity index (χ0n) is 32.6. The first-order chi connectivity index (χ1) is 28.9. The van der Waals surface area contributed by atoms with Gasteiger partial charge in [0.05, 0.1) is 18.7 Å². The number of esters is 1. The summed E-state index contributed by atoms with van der Waals surface area (Å²) in [6.07, 6.45) is 0.611. The molecule has 60 heavy (non-hydrogen) atoms. The molecule has 0 bridgehead atoms. The molecule has 0 fully saturated rings. The highest BCUT2D eigenvalue weighted by molar-refractivity contribution is 6.31. The lowest BCUT2D eigenvalue weighted by molar-refractivity contribution is -0.145. The molecular weight excluding hydrogens is 815 g/mol. The van der Waals surface area contributed by atoms with Crippen molar-refractivity contribution in [2.75, 3.05) is 17.2 Å². The van der Waals surface area contributed by atoms with E-state index in [9.17, 15) is 24.3 Å². The molecule has 6 rings (SSSR count). The summed E-state index contributed by atoms with van der Waals surface area (Å²) in [6, 6.07) is 27.4. The Hall–Kier alpha value is -6.60. The van der Waals surface area contributed by atoms with Crippen LogP contribution in [0.5, 0.6) is 0 Å². The molecule has 18 nitrogen and oxygen atoms in total. The Morgan fingerprint density at radius 3 is 1.45 bits per heavy atom. The summed E-state index contributed by atoms with van der Waals surface area (Å²) in [5.74, 6) is -2.28. The van der Waals surface area contributed by atoms with Crippen LogP contribution in [0.4, 0.5) is 11.9 Å². The van der Waals surface area contributed by atoms with E-state index in [0.29, 0.717) is 16.5 Å². The number of aliphatic carboxylic acids is 1. The van der Waals surface area contributed by atoms with Gasteiger partial charge in [-0.2, -0.15) is 10.4 Å². The Kier molecular flexibility index (Phi) is 16.3. The molecule has 0 radical (unpaired) electrons. The Balaban J connectivity index is 0.000000228.